The van der Waals surface area contributed by atoms with Crippen LogP contribution in [0.1, 0.15) is 17.0 Å². The van der Waals surface area contributed by atoms with Gasteiger partial charge in [0.2, 0.25) is 0 Å². The fourth-order valence-corrected chi connectivity index (χ4v) is 3.51. The standard InChI is InChI=1S/C20H26N6/c1-17-5-3-4-6-19(17)26-15-18(13-22-26)14-24-9-11-25(12-10-24)16-20-21-7-8-23(20)2/h3-8,13,15H,9-12,14,16H2,1-2H3. The van der Waals surface area contributed by atoms with E-state index in [2.05, 4.69) is 68.9 Å². The van der Waals surface area contributed by atoms with E-state index in [9.17, 15) is 0 Å². The summed E-state index contributed by atoms with van der Waals surface area (Å²) in [5.74, 6) is 1.14. The monoisotopic (exact) mass is 350 g/mol. The van der Waals surface area contributed by atoms with Crippen LogP contribution in [0.5, 0.6) is 0 Å². The SMILES string of the molecule is Cc1ccccc1-n1cc(CN2CCN(Cc3nccn3C)CC2)cn1. The van der Waals surface area contributed by atoms with Crippen molar-refractivity contribution in [1.29, 1.82) is 0 Å². The van der Waals surface area contributed by atoms with Crippen LogP contribution in [-0.2, 0) is 20.1 Å². The number of imidazole rings is 1. The second-order valence-corrected chi connectivity index (χ2v) is 7.09. The van der Waals surface area contributed by atoms with Crippen LogP contribution in [0.2, 0.25) is 0 Å². The van der Waals surface area contributed by atoms with Gasteiger partial charge in [0, 0.05) is 63.9 Å². The van der Waals surface area contributed by atoms with E-state index >= 15 is 0 Å². The average Bonchev–Trinajstić information content (AvgIpc) is 3.27. The van der Waals surface area contributed by atoms with Crippen LogP contribution in [0.3, 0.4) is 0 Å². The van der Waals surface area contributed by atoms with Gasteiger partial charge < -0.3 is 4.57 Å². The van der Waals surface area contributed by atoms with Crippen molar-refractivity contribution in [1.82, 2.24) is 29.1 Å². The van der Waals surface area contributed by atoms with Gasteiger partial charge in [0.15, 0.2) is 0 Å². The lowest BCUT2D eigenvalue weighted by molar-refractivity contribution is 0.119. The van der Waals surface area contributed by atoms with Gasteiger partial charge in [0.05, 0.1) is 18.4 Å². The topological polar surface area (TPSA) is 42.1 Å². The van der Waals surface area contributed by atoms with Crippen molar-refractivity contribution in [2.45, 2.75) is 20.0 Å². The number of rotatable bonds is 5. The summed E-state index contributed by atoms with van der Waals surface area (Å²) in [5.41, 5.74) is 3.66. The predicted molar refractivity (Wildman–Crippen MR) is 102 cm³/mol. The Kier molecular flexibility index (Phi) is 4.86. The Hall–Kier alpha value is -2.44. The number of piperazine rings is 1. The normalized spacial score (nSPS) is 16.2. The molecular formula is C20H26N6. The van der Waals surface area contributed by atoms with Gasteiger partial charge in [-0.3, -0.25) is 9.80 Å². The molecule has 0 radical (unpaired) electrons. The molecule has 0 spiro atoms. The van der Waals surface area contributed by atoms with Crippen molar-refractivity contribution in [3.63, 3.8) is 0 Å². The van der Waals surface area contributed by atoms with Gasteiger partial charge in [-0.05, 0) is 18.6 Å². The van der Waals surface area contributed by atoms with E-state index in [0.29, 0.717) is 0 Å². The van der Waals surface area contributed by atoms with Gasteiger partial charge in [-0.2, -0.15) is 5.10 Å². The highest BCUT2D eigenvalue weighted by Gasteiger charge is 2.18. The van der Waals surface area contributed by atoms with Crippen molar-refractivity contribution in [3.05, 3.63) is 66.0 Å². The highest BCUT2D eigenvalue weighted by molar-refractivity contribution is 5.39. The zero-order chi connectivity index (χ0) is 17.9. The average molecular weight is 350 g/mol. The molecule has 6 nitrogen and oxygen atoms in total. The fourth-order valence-electron chi connectivity index (χ4n) is 3.51. The van der Waals surface area contributed by atoms with Crippen LogP contribution in [0, 0.1) is 6.92 Å². The molecule has 136 valence electrons. The van der Waals surface area contributed by atoms with Gasteiger partial charge in [-0.15, -0.1) is 0 Å². The maximum absolute atomic E-state index is 4.56. The molecule has 26 heavy (non-hydrogen) atoms. The van der Waals surface area contributed by atoms with E-state index in [0.717, 1.165) is 50.8 Å². The van der Waals surface area contributed by atoms with Gasteiger partial charge in [0.1, 0.15) is 5.82 Å². The largest absolute Gasteiger partial charge is 0.337 e. The third-order valence-electron chi connectivity index (χ3n) is 5.16. The molecule has 0 saturated carbocycles. The number of para-hydroxylation sites is 1. The molecule has 6 heteroatoms. The second-order valence-electron chi connectivity index (χ2n) is 7.09. The minimum Gasteiger partial charge on any atom is -0.337 e. The number of nitrogens with zero attached hydrogens (tertiary/aromatic N) is 6. The number of hydrogen-bond acceptors (Lipinski definition) is 4. The van der Waals surface area contributed by atoms with Crippen LogP contribution in [0.15, 0.2) is 49.1 Å². The predicted octanol–water partition coefficient (Wildman–Crippen LogP) is 2.23. The lowest BCUT2D eigenvalue weighted by Crippen LogP contribution is -2.45. The summed E-state index contributed by atoms with van der Waals surface area (Å²) in [5, 5.41) is 4.56. The summed E-state index contributed by atoms with van der Waals surface area (Å²) in [6.07, 6.45) is 8.03. The number of aromatic nitrogens is 4. The highest BCUT2D eigenvalue weighted by Crippen LogP contribution is 2.15. The summed E-state index contributed by atoms with van der Waals surface area (Å²) < 4.78 is 4.09. The molecule has 0 amide bonds. The van der Waals surface area contributed by atoms with Crippen LogP contribution >= 0.6 is 0 Å². The first-order valence-corrected chi connectivity index (χ1v) is 9.19. The van der Waals surface area contributed by atoms with Crippen molar-refractivity contribution in [2.75, 3.05) is 26.2 Å². The summed E-state index contributed by atoms with van der Waals surface area (Å²) in [6, 6.07) is 8.36. The van der Waals surface area contributed by atoms with Gasteiger partial charge in [-0.1, -0.05) is 18.2 Å². The fraction of sp³-hybridized carbons (Fsp3) is 0.400. The minimum absolute atomic E-state index is 0.933. The molecule has 0 aliphatic carbocycles. The molecule has 0 atom stereocenters. The molecular weight excluding hydrogens is 324 g/mol. The van der Waals surface area contributed by atoms with E-state index in [1.807, 2.05) is 23.3 Å². The molecule has 3 aromatic rings. The first-order valence-electron chi connectivity index (χ1n) is 9.19. The number of benzene rings is 1. The van der Waals surface area contributed by atoms with Crippen LogP contribution < -0.4 is 0 Å². The van der Waals surface area contributed by atoms with Crippen LogP contribution in [0.25, 0.3) is 5.69 Å². The Labute approximate surface area is 154 Å². The second kappa shape index (κ2) is 7.43. The lowest BCUT2D eigenvalue weighted by Gasteiger charge is -2.34. The molecule has 0 unspecified atom stereocenters. The zero-order valence-corrected chi connectivity index (χ0v) is 15.5. The molecule has 1 aliphatic heterocycles. The minimum atomic E-state index is 0.933. The number of aryl methyl sites for hydroxylation is 2. The maximum atomic E-state index is 4.56. The molecule has 3 heterocycles. The third kappa shape index (κ3) is 3.71. The smallest absolute Gasteiger partial charge is 0.122 e. The van der Waals surface area contributed by atoms with Gasteiger partial charge in [-0.25, -0.2) is 9.67 Å². The van der Waals surface area contributed by atoms with E-state index in [1.165, 1.54) is 11.1 Å². The molecule has 0 bridgehead atoms. The summed E-state index contributed by atoms with van der Waals surface area (Å²) in [6.45, 7) is 8.35. The molecule has 2 aromatic heterocycles. The molecule has 1 aromatic carbocycles. The van der Waals surface area contributed by atoms with Crippen molar-refractivity contribution in [2.24, 2.45) is 7.05 Å². The quantitative estimate of drug-likeness (QED) is 0.708. The molecule has 4 rings (SSSR count). The molecule has 1 fully saturated rings. The molecule has 1 aliphatic rings. The summed E-state index contributed by atoms with van der Waals surface area (Å²) >= 11 is 0. The Bertz CT molecular complexity index is 857. The van der Waals surface area contributed by atoms with Crippen LogP contribution in [0.4, 0.5) is 0 Å². The zero-order valence-electron chi connectivity index (χ0n) is 15.5. The summed E-state index contributed by atoms with van der Waals surface area (Å²) in [7, 11) is 2.06. The highest BCUT2D eigenvalue weighted by atomic mass is 15.3. The van der Waals surface area contributed by atoms with Gasteiger partial charge in [0.25, 0.3) is 0 Å². The summed E-state index contributed by atoms with van der Waals surface area (Å²) in [4.78, 5) is 9.42. The van der Waals surface area contributed by atoms with Crippen molar-refractivity contribution in [3.8, 4) is 5.69 Å². The third-order valence-corrected chi connectivity index (χ3v) is 5.16. The Balaban J connectivity index is 1.32. The first kappa shape index (κ1) is 17.0. The Morgan fingerprint density at radius 1 is 1.00 bits per heavy atom. The van der Waals surface area contributed by atoms with Crippen LogP contribution in [-0.4, -0.2) is 55.3 Å². The lowest BCUT2D eigenvalue weighted by atomic mass is 10.2. The molecule has 1 saturated heterocycles. The first-order chi connectivity index (χ1) is 12.7. The maximum Gasteiger partial charge on any atom is 0.122 e. The molecule has 0 N–H and O–H groups in total. The Morgan fingerprint density at radius 3 is 2.42 bits per heavy atom. The van der Waals surface area contributed by atoms with E-state index in [-0.39, 0.29) is 0 Å². The Morgan fingerprint density at radius 2 is 1.73 bits per heavy atom. The van der Waals surface area contributed by atoms with E-state index in [1.54, 1.807) is 0 Å². The van der Waals surface area contributed by atoms with Crippen molar-refractivity contribution >= 4 is 0 Å². The number of hydrogen-bond donors (Lipinski definition) is 0. The van der Waals surface area contributed by atoms with Crippen molar-refractivity contribution < 1.29 is 0 Å². The van der Waals surface area contributed by atoms with E-state index in [4.69, 9.17) is 0 Å². The van der Waals surface area contributed by atoms with Gasteiger partial charge >= 0.3 is 0 Å². The van der Waals surface area contributed by atoms with E-state index < -0.39 is 0 Å².